The lowest BCUT2D eigenvalue weighted by molar-refractivity contribution is 0.102. The fraction of sp³-hybridized carbons (Fsp3) is 0.312. The number of nitrogens with zero attached hydrogens (tertiary/aromatic N) is 2. The van der Waals surface area contributed by atoms with Gasteiger partial charge in [-0.2, -0.15) is 0 Å². The Morgan fingerprint density at radius 1 is 1.18 bits per heavy atom. The average Bonchev–Trinajstić information content (AvgIpc) is 2.40. The minimum atomic E-state index is -0.262. The van der Waals surface area contributed by atoms with Gasteiger partial charge in [-0.3, -0.25) is 4.79 Å². The SMILES string of the molecule is Cc1ccc(NC(=O)c2cc(C)nc(NC(C)C)n2)c(Br)c1. The number of anilines is 2. The third-order valence-corrected chi connectivity index (χ3v) is 3.53. The van der Waals surface area contributed by atoms with Crippen LogP contribution in [0.4, 0.5) is 11.6 Å². The van der Waals surface area contributed by atoms with E-state index in [4.69, 9.17) is 0 Å². The van der Waals surface area contributed by atoms with Crippen LogP contribution in [-0.4, -0.2) is 21.9 Å². The Kier molecular flexibility index (Phi) is 5.13. The van der Waals surface area contributed by atoms with Gasteiger partial charge in [0, 0.05) is 16.2 Å². The topological polar surface area (TPSA) is 66.9 Å². The molecule has 5 nitrogen and oxygen atoms in total. The average molecular weight is 363 g/mol. The summed E-state index contributed by atoms with van der Waals surface area (Å²) in [5.74, 6) is 0.199. The molecule has 0 unspecified atom stereocenters. The van der Waals surface area contributed by atoms with Crippen LogP contribution in [0, 0.1) is 13.8 Å². The Balaban J connectivity index is 2.23. The molecule has 0 fully saturated rings. The number of hydrogen-bond donors (Lipinski definition) is 2. The zero-order valence-corrected chi connectivity index (χ0v) is 14.7. The van der Waals surface area contributed by atoms with E-state index in [9.17, 15) is 4.79 Å². The first-order valence-electron chi connectivity index (χ1n) is 7.05. The van der Waals surface area contributed by atoms with Crippen molar-refractivity contribution in [2.75, 3.05) is 10.6 Å². The monoisotopic (exact) mass is 362 g/mol. The lowest BCUT2D eigenvalue weighted by Crippen LogP contribution is -2.18. The molecule has 1 aromatic heterocycles. The molecule has 0 aliphatic heterocycles. The van der Waals surface area contributed by atoms with Gasteiger partial charge in [0.1, 0.15) is 5.69 Å². The second-order valence-electron chi connectivity index (χ2n) is 5.45. The number of aromatic nitrogens is 2. The Hall–Kier alpha value is -1.95. The Labute approximate surface area is 138 Å². The number of amides is 1. The molecule has 0 aliphatic rings. The van der Waals surface area contributed by atoms with Crippen molar-refractivity contribution in [3.63, 3.8) is 0 Å². The Bertz CT molecular complexity index is 701. The molecule has 0 saturated carbocycles. The number of hydrogen-bond acceptors (Lipinski definition) is 4. The highest BCUT2D eigenvalue weighted by atomic mass is 79.9. The second-order valence-corrected chi connectivity index (χ2v) is 6.31. The lowest BCUT2D eigenvalue weighted by atomic mass is 10.2. The van der Waals surface area contributed by atoms with Crippen LogP contribution in [0.25, 0.3) is 0 Å². The van der Waals surface area contributed by atoms with Gasteiger partial charge in [0.25, 0.3) is 5.91 Å². The summed E-state index contributed by atoms with van der Waals surface area (Å²) in [6.07, 6.45) is 0. The summed E-state index contributed by atoms with van der Waals surface area (Å²) >= 11 is 3.45. The summed E-state index contributed by atoms with van der Waals surface area (Å²) < 4.78 is 0.840. The van der Waals surface area contributed by atoms with Crippen LogP contribution < -0.4 is 10.6 Å². The summed E-state index contributed by atoms with van der Waals surface area (Å²) in [4.78, 5) is 20.9. The van der Waals surface area contributed by atoms with Gasteiger partial charge in [-0.1, -0.05) is 6.07 Å². The van der Waals surface area contributed by atoms with E-state index in [2.05, 4.69) is 36.5 Å². The molecule has 0 bridgehead atoms. The summed E-state index contributed by atoms with van der Waals surface area (Å²) in [6, 6.07) is 7.62. The number of benzene rings is 1. The number of carbonyl (C=O) groups excluding carboxylic acids is 1. The third-order valence-electron chi connectivity index (χ3n) is 2.88. The van der Waals surface area contributed by atoms with Crippen LogP contribution in [0.1, 0.15) is 35.6 Å². The Morgan fingerprint density at radius 2 is 1.91 bits per heavy atom. The predicted molar refractivity (Wildman–Crippen MR) is 92.4 cm³/mol. The highest BCUT2D eigenvalue weighted by Gasteiger charge is 2.13. The molecule has 6 heteroatoms. The van der Waals surface area contributed by atoms with Crippen molar-refractivity contribution in [3.05, 3.63) is 45.7 Å². The highest BCUT2D eigenvalue weighted by Crippen LogP contribution is 2.23. The van der Waals surface area contributed by atoms with E-state index in [0.717, 1.165) is 15.7 Å². The summed E-state index contributed by atoms with van der Waals surface area (Å²) in [5, 5.41) is 5.97. The molecule has 0 spiro atoms. The predicted octanol–water partition coefficient (Wildman–Crippen LogP) is 3.93. The van der Waals surface area contributed by atoms with E-state index in [-0.39, 0.29) is 11.9 Å². The Morgan fingerprint density at radius 3 is 2.55 bits per heavy atom. The number of halogens is 1. The quantitative estimate of drug-likeness (QED) is 0.864. The maximum Gasteiger partial charge on any atom is 0.274 e. The van der Waals surface area contributed by atoms with Crippen molar-refractivity contribution in [2.24, 2.45) is 0 Å². The first-order chi connectivity index (χ1) is 10.3. The molecule has 0 atom stereocenters. The molecule has 1 amide bonds. The van der Waals surface area contributed by atoms with E-state index in [0.29, 0.717) is 17.3 Å². The molecular weight excluding hydrogens is 344 g/mol. The van der Waals surface area contributed by atoms with Crippen LogP contribution >= 0.6 is 15.9 Å². The van der Waals surface area contributed by atoms with Crippen molar-refractivity contribution < 1.29 is 4.79 Å². The summed E-state index contributed by atoms with van der Waals surface area (Å²) in [5.41, 5.74) is 2.91. The van der Waals surface area contributed by atoms with Gasteiger partial charge in [0.2, 0.25) is 5.95 Å². The normalized spacial score (nSPS) is 10.6. The standard InChI is InChI=1S/C16H19BrN4O/c1-9(2)18-16-19-11(4)8-14(21-16)15(22)20-13-6-5-10(3)7-12(13)17/h5-9H,1-4H3,(H,20,22)(H,18,19,21). The minimum Gasteiger partial charge on any atom is -0.352 e. The smallest absolute Gasteiger partial charge is 0.274 e. The number of rotatable bonds is 4. The number of nitrogens with one attached hydrogen (secondary N) is 2. The molecule has 2 N–H and O–H groups in total. The van der Waals surface area contributed by atoms with E-state index < -0.39 is 0 Å². The van der Waals surface area contributed by atoms with Crippen molar-refractivity contribution in [1.29, 1.82) is 0 Å². The van der Waals surface area contributed by atoms with Crippen molar-refractivity contribution >= 4 is 33.5 Å². The largest absolute Gasteiger partial charge is 0.352 e. The van der Waals surface area contributed by atoms with Crippen LogP contribution in [0.15, 0.2) is 28.7 Å². The van der Waals surface area contributed by atoms with Gasteiger partial charge in [0.15, 0.2) is 0 Å². The van der Waals surface area contributed by atoms with Gasteiger partial charge in [-0.15, -0.1) is 0 Å². The van der Waals surface area contributed by atoms with Gasteiger partial charge >= 0.3 is 0 Å². The van der Waals surface area contributed by atoms with E-state index in [1.165, 1.54) is 0 Å². The van der Waals surface area contributed by atoms with E-state index in [1.807, 2.05) is 45.9 Å². The van der Waals surface area contributed by atoms with Gasteiger partial charge in [0.05, 0.1) is 5.69 Å². The zero-order valence-electron chi connectivity index (χ0n) is 13.1. The molecule has 1 aromatic carbocycles. The van der Waals surface area contributed by atoms with Crippen molar-refractivity contribution in [1.82, 2.24) is 9.97 Å². The molecular formula is C16H19BrN4O. The maximum absolute atomic E-state index is 12.4. The van der Waals surface area contributed by atoms with Crippen LogP contribution in [0.5, 0.6) is 0 Å². The molecule has 1 heterocycles. The molecule has 116 valence electrons. The first kappa shape index (κ1) is 16.4. The fourth-order valence-electron chi connectivity index (χ4n) is 1.92. The van der Waals surface area contributed by atoms with Crippen LogP contribution in [-0.2, 0) is 0 Å². The van der Waals surface area contributed by atoms with Crippen LogP contribution in [0.2, 0.25) is 0 Å². The van der Waals surface area contributed by atoms with Gasteiger partial charge in [-0.05, 0) is 67.4 Å². The fourth-order valence-corrected chi connectivity index (χ4v) is 2.51. The lowest BCUT2D eigenvalue weighted by Gasteiger charge is -2.11. The van der Waals surface area contributed by atoms with Gasteiger partial charge < -0.3 is 10.6 Å². The van der Waals surface area contributed by atoms with Crippen molar-refractivity contribution in [2.45, 2.75) is 33.7 Å². The summed E-state index contributed by atoms with van der Waals surface area (Å²) in [7, 11) is 0. The number of aryl methyl sites for hydroxylation is 2. The molecule has 0 aliphatic carbocycles. The summed E-state index contributed by atoms with van der Waals surface area (Å²) in [6.45, 7) is 7.82. The van der Waals surface area contributed by atoms with E-state index >= 15 is 0 Å². The third kappa shape index (κ3) is 4.27. The molecule has 22 heavy (non-hydrogen) atoms. The van der Waals surface area contributed by atoms with Gasteiger partial charge in [-0.25, -0.2) is 9.97 Å². The van der Waals surface area contributed by atoms with E-state index in [1.54, 1.807) is 6.07 Å². The zero-order chi connectivity index (χ0) is 16.3. The van der Waals surface area contributed by atoms with Crippen LogP contribution in [0.3, 0.4) is 0 Å². The molecule has 0 saturated heterocycles. The molecule has 2 aromatic rings. The highest BCUT2D eigenvalue weighted by molar-refractivity contribution is 9.10. The first-order valence-corrected chi connectivity index (χ1v) is 7.84. The maximum atomic E-state index is 12.4. The molecule has 2 rings (SSSR count). The minimum absolute atomic E-state index is 0.198. The molecule has 0 radical (unpaired) electrons. The van der Waals surface area contributed by atoms with Crippen molar-refractivity contribution in [3.8, 4) is 0 Å². The number of carbonyl (C=O) groups is 1. The second kappa shape index (κ2) is 6.87.